The standard InChI is InChI=1S/C33H36BrN3O2Si/c1-33(2,3)40(31-10-6-4-7-11-31,32-12-8-5-9-13-32)39-25-30-19-14-26(24-38-30)27(22-36)23-37(21-20-35)29-17-15-28(34)16-18-29/h4-13,15-18,23,26,30H,14,19,21,24-25H2,1-3H3/b27-23+. The highest BCUT2D eigenvalue weighted by molar-refractivity contribution is 9.10. The van der Waals surface area contributed by atoms with E-state index >= 15 is 0 Å². The number of nitrogens with zero attached hydrogens (tertiary/aromatic N) is 3. The van der Waals surface area contributed by atoms with Crippen LogP contribution in [0.1, 0.15) is 33.6 Å². The van der Waals surface area contributed by atoms with Crippen molar-refractivity contribution in [1.29, 1.82) is 10.5 Å². The zero-order valence-electron chi connectivity index (χ0n) is 23.4. The van der Waals surface area contributed by atoms with Gasteiger partial charge in [-0.2, -0.15) is 10.5 Å². The van der Waals surface area contributed by atoms with Crippen LogP contribution in [0.5, 0.6) is 0 Å². The van der Waals surface area contributed by atoms with Crippen LogP contribution in [-0.4, -0.2) is 34.2 Å². The zero-order chi connectivity index (χ0) is 28.6. The van der Waals surface area contributed by atoms with E-state index in [1.165, 1.54) is 10.4 Å². The topological polar surface area (TPSA) is 69.3 Å². The van der Waals surface area contributed by atoms with Crippen molar-refractivity contribution in [3.05, 3.63) is 101 Å². The van der Waals surface area contributed by atoms with Crippen LogP contribution < -0.4 is 15.3 Å². The van der Waals surface area contributed by atoms with Crippen molar-refractivity contribution in [3.63, 3.8) is 0 Å². The Morgan fingerprint density at radius 2 is 1.57 bits per heavy atom. The SMILES string of the molecule is CC(C)(C)[Si](OCC1CCC(/C(C#N)=C/N(CC#N)c2ccc(Br)cc2)CO1)(c1ccccc1)c1ccccc1. The zero-order valence-corrected chi connectivity index (χ0v) is 26.0. The third kappa shape index (κ3) is 6.74. The summed E-state index contributed by atoms with van der Waals surface area (Å²) in [5, 5.41) is 21.8. The molecule has 0 spiro atoms. The number of anilines is 1. The van der Waals surface area contributed by atoms with E-state index in [0.29, 0.717) is 18.8 Å². The minimum atomic E-state index is -2.64. The van der Waals surface area contributed by atoms with Gasteiger partial charge in [0.2, 0.25) is 0 Å². The summed E-state index contributed by atoms with van der Waals surface area (Å²) < 4.78 is 14.4. The predicted molar refractivity (Wildman–Crippen MR) is 167 cm³/mol. The Hall–Kier alpha value is -3.20. The van der Waals surface area contributed by atoms with E-state index in [1.807, 2.05) is 29.2 Å². The van der Waals surface area contributed by atoms with Crippen molar-refractivity contribution in [1.82, 2.24) is 0 Å². The maximum absolute atomic E-state index is 9.99. The van der Waals surface area contributed by atoms with E-state index in [0.717, 1.165) is 23.0 Å². The number of hydrogen-bond acceptors (Lipinski definition) is 5. The van der Waals surface area contributed by atoms with Crippen LogP contribution in [0.15, 0.2) is 101 Å². The third-order valence-electron chi connectivity index (χ3n) is 7.54. The molecule has 0 aliphatic carbocycles. The minimum Gasteiger partial charge on any atom is -0.405 e. The van der Waals surface area contributed by atoms with Gasteiger partial charge in [0.15, 0.2) is 0 Å². The van der Waals surface area contributed by atoms with Crippen LogP contribution in [0.2, 0.25) is 5.04 Å². The number of nitriles is 2. The lowest BCUT2D eigenvalue weighted by atomic mass is 9.92. The molecule has 40 heavy (non-hydrogen) atoms. The van der Waals surface area contributed by atoms with Gasteiger partial charge in [-0.25, -0.2) is 0 Å². The first kappa shape index (κ1) is 29.8. The number of benzene rings is 3. The average molecular weight is 615 g/mol. The summed E-state index contributed by atoms with van der Waals surface area (Å²) in [6, 6.07) is 33.6. The number of halogens is 1. The van der Waals surface area contributed by atoms with E-state index in [1.54, 1.807) is 6.20 Å². The van der Waals surface area contributed by atoms with Gasteiger partial charge >= 0.3 is 0 Å². The van der Waals surface area contributed by atoms with Crippen molar-refractivity contribution in [2.45, 2.75) is 44.8 Å². The highest BCUT2D eigenvalue weighted by atomic mass is 79.9. The molecule has 0 amide bonds. The minimum absolute atomic E-state index is 0.0224. The van der Waals surface area contributed by atoms with E-state index in [4.69, 9.17) is 9.16 Å². The third-order valence-corrected chi connectivity index (χ3v) is 13.1. The molecule has 0 bridgehead atoms. The summed E-state index contributed by atoms with van der Waals surface area (Å²) in [6.07, 6.45) is 3.40. The molecule has 4 rings (SSSR count). The van der Waals surface area contributed by atoms with Gasteiger partial charge in [0.25, 0.3) is 8.32 Å². The Bertz CT molecular complexity index is 1310. The largest absolute Gasteiger partial charge is 0.405 e. The first-order valence-electron chi connectivity index (χ1n) is 13.7. The van der Waals surface area contributed by atoms with Gasteiger partial charge in [-0.05, 0) is 52.5 Å². The molecule has 7 heteroatoms. The van der Waals surface area contributed by atoms with Gasteiger partial charge < -0.3 is 14.1 Å². The predicted octanol–water partition coefficient (Wildman–Crippen LogP) is 6.56. The molecule has 3 aromatic carbocycles. The van der Waals surface area contributed by atoms with Crippen molar-refractivity contribution in [3.8, 4) is 12.1 Å². The van der Waals surface area contributed by atoms with Crippen LogP contribution in [0.4, 0.5) is 5.69 Å². The van der Waals surface area contributed by atoms with E-state index in [2.05, 4.69) is 110 Å². The summed E-state index contributed by atoms with van der Waals surface area (Å²) >= 11 is 3.45. The molecule has 206 valence electrons. The van der Waals surface area contributed by atoms with E-state index in [9.17, 15) is 10.5 Å². The summed E-state index contributed by atoms with van der Waals surface area (Å²) in [6.45, 7) is 7.95. The second-order valence-electron chi connectivity index (χ2n) is 11.2. The molecule has 1 fully saturated rings. The fourth-order valence-corrected chi connectivity index (χ4v) is 10.3. The van der Waals surface area contributed by atoms with Gasteiger partial charge in [0, 0.05) is 22.3 Å². The van der Waals surface area contributed by atoms with Crippen LogP contribution in [0.3, 0.4) is 0 Å². The van der Waals surface area contributed by atoms with Crippen LogP contribution in [0.25, 0.3) is 0 Å². The fraction of sp³-hybridized carbons (Fsp3) is 0.333. The maximum Gasteiger partial charge on any atom is 0.261 e. The molecule has 0 saturated carbocycles. The molecule has 1 saturated heterocycles. The van der Waals surface area contributed by atoms with E-state index in [-0.39, 0.29) is 23.6 Å². The van der Waals surface area contributed by atoms with Gasteiger partial charge in [-0.1, -0.05) is 97.4 Å². The smallest absolute Gasteiger partial charge is 0.261 e. The molecule has 0 aromatic heterocycles. The van der Waals surface area contributed by atoms with Gasteiger partial charge in [0.05, 0.1) is 37.0 Å². The van der Waals surface area contributed by atoms with Crippen LogP contribution in [0, 0.1) is 28.6 Å². The number of hydrogen-bond donors (Lipinski definition) is 0. The summed E-state index contributed by atoms with van der Waals surface area (Å²) in [5.74, 6) is -0.0224. The Balaban J connectivity index is 1.50. The second-order valence-corrected chi connectivity index (χ2v) is 16.4. The lowest BCUT2D eigenvalue weighted by molar-refractivity contribution is -0.0308. The molecular formula is C33H36BrN3O2Si. The van der Waals surface area contributed by atoms with E-state index < -0.39 is 8.32 Å². The molecule has 2 unspecified atom stereocenters. The maximum atomic E-state index is 9.99. The van der Waals surface area contributed by atoms with Gasteiger partial charge in [0.1, 0.15) is 6.54 Å². The van der Waals surface area contributed by atoms with Crippen LogP contribution in [-0.2, 0) is 9.16 Å². The first-order chi connectivity index (χ1) is 19.3. The van der Waals surface area contributed by atoms with Gasteiger partial charge in [-0.15, -0.1) is 0 Å². The van der Waals surface area contributed by atoms with Crippen LogP contribution >= 0.6 is 15.9 Å². The first-order valence-corrected chi connectivity index (χ1v) is 16.4. The molecule has 2 atom stereocenters. The lowest BCUT2D eigenvalue weighted by Gasteiger charge is -2.44. The van der Waals surface area contributed by atoms with Crippen molar-refractivity contribution in [2.24, 2.45) is 5.92 Å². The Morgan fingerprint density at radius 1 is 0.975 bits per heavy atom. The van der Waals surface area contributed by atoms with Crippen molar-refractivity contribution >= 4 is 40.3 Å². The Morgan fingerprint density at radius 3 is 2.05 bits per heavy atom. The highest BCUT2D eigenvalue weighted by Gasteiger charge is 2.50. The van der Waals surface area contributed by atoms with Crippen molar-refractivity contribution < 1.29 is 9.16 Å². The molecule has 1 heterocycles. The summed E-state index contributed by atoms with van der Waals surface area (Å²) in [5.41, 5.74) is 1.50. The Labute approximate surface area is 247 Å². The summed E-state index contributed by atoms with van der Waals surface area (Å²) in [7, 11) is -2.64. The number of ether oxygens (including phenoxy) is 1. The Kier molecular flexibility index (Phi) is 10.0. The normalized spacial score (nSPS) is 18.0. The second kappa shape index (κ2) is 13.4. The highest BCUT2D eigenvalue weighted by Crippen LogP contribution is 2.37. The molecule has 0 N–H and O–H groups in total. The lowest BCUT2D eigenvalue weighted by Crippen LogP contribution is -2.67. The molecule has 0 radical (unpaired) electrons. The molecular weight excluding hydrogens is 578 g/mol. The van der Waals surface area contributed by atoms with Gasteiger partial charge in [-0.3, -0.25) is 0 Å². The fourth-order valence-electron chi connectivity index (χ4n) is 5.48. The monoisotopic (exact) mass is 613 g/mol. The summed E-state index contributed by atoms with van der Waals surface area (Å²) in [4.78, 5) is 1.82. The molecule has 1 aliphatic rings. The average Bonchev–Trinajstić information content (AvgIpc) is 2.97. The number of rotatable bonds is 9. The molecule has 5 nitrogen and oxygen atoms in total. The molecule has 1 aliphatic heterocycles. The molecule has 3 aromatic rings. The quantitative estimate of drug-likeness (QED) is 0.155. The van der Waals surface area contributed by atoms with Crippen molar-refractivity contribution in [2.75, 3.05) is 24.7 Å².